The van der Waals surface area contributed by atoms with E-state index in [0.29, 0.717) is 6.04 Å². The summed E-state index contributed by atoms with van der Waals surface area (Å²) in [6, 6.07) is 8.39. The molecule has 0 atom stereocenters. The molecule has 5 heteroatoms. The summed E-state index contributed by atoms with van der Waals surface area (Å²) >= 11 is 1.82. The van der Waals surface area contributed by atoms with Crippen molar-refractivity contribution in [2.75, 3.05) is 18.5 Å². The molecule has 1 aromatic carbocycles. The molecule has 0 unspecified atom stereocenters. The van der Waals surface area contributed by atoms with E-state index >= 15 is 0 Å². The lowest BCUT2D eigenvalue weighted by atomic mass is 10.3. The maximum absolute atomic E-state index is 12.4. The van der Waals surface area contributed by atoms with Gasteiger partial charge < -0.3 is 15.3 Å². The third-order valence-electron chi connectivity index (χ3n) is 3.59. The van der Waals surface area contributed by atoms with Gasteiger partial charge in [0.05, 0.1) is 0 Å². The number of rotatable bonds is 7. The number of amides is 2. The number of thioether (sulfide) groups is 1. The quantitative estimate of drug-likeness (QED) is 0.575. The molecule has 0 aliphatic heterocycles. The minimum atomic E-state index is -0.0262. The third-order valence-corrected chi connectivity index (χ3v) is 4.71. The fraction of sp³-hybridized carbons (Fsp3) is 0.611. The van der Waals surface area contributed by atoms with Crippen LogP contribution in [0.3, 0.4) is 0 Å². The van der Waals surface area contributed by atoms with E-state index in [1.807, 2.05) is 28.8 Å². The molecule has 1 fully saturated rings. The summed E-state index contributed by atoms with van der Waals surface area (Å²) in [4.78, 5) is 15.6. The fourth-order valence-corrected chi connectivity index (χ4v) is 3.36. The van der Waals surface area contributed by atoms with E-state index in [-0.39, 0.29) is 17.4 Å². The van der Waals surface area contributed by atoms with Gasteiger partial charge in [0.1, 0.15) is 0 Å². The van der Waals surface area contributed by atoms with Crippen LogP contribution in [0.25, 0.3) is 0 Å². The Labute approximate surface area is 143 Å². The molecule has 4 nitrogen and oxygen atoms in total. The van der Waals surface area contributed by atoms with Crippen LogP contribution in [-0.4, -0.2) is 40.0 Å². The maximum atomic E-state index is 12.4. The summed E-state index contributed by atoms with van der Waals surface area (Å²) in [6.07, 6.45) is 3.78. The van der Waals surface area contributed by atoms with Gasteiger partial charge in [-0.1, -0.05) is 20.8 Å². The molecule has 0 heterocycles. The molecule has 1 aliphatic carbocycles. The van der Waals surface area contributed by atoms with Gasteiger partial charge in [-0.3, -0.25) is 0 Å². The molecule has 0 bridgehead atoms. The molecular formula is C18H28N2O2S. The van der Waals surface area contributed by atoms with Gasteiger partial charge in [-0.05, 0) is 49.9 Å². The number of nitrogens with zero attached hydrogens (tertiary/aromatic N) is 1. The Morgan fingerprint density at radius 3 is 2.43 bits per heavy atom. The van der Waals surface area contributed by atoms with Crippen molar-refractivity contribution < 1.29 is 9.90 Å². The molecule has 0 saturated heterocycles. The number of nitrogens with one attached hydrogen (secondary N) is 1. The second-order valence-electron chi connectivity index (χ2n) is 7.02. The highest BCUT2D eigenvalue weighted by Crippen LogP contribution is 2.32. The summed E-state index contributed by atoms with van der Waals surface area (Å²) in [6.45, 7) is 7.47. The summed E-state index contributed by atoms with van der Waals surface area (Å²) < 4.78 is 0.181. The number of carbonyl (C=O) groups is 1. The SMILES string of the molecule is CC(C)(C)Sc1ccc(NC(=O)N(CCCCO)C2CC2)cc1. The normalized spacial score (nSPS) is 14.6. The van der Waals surface area contributed by atoms with Crippen LogP contribution in [0.5, 0.6) is 0 Å². The molecule has 0 spiro atoms. The van der Waals surface area contributed by atoms with Crippen LogP contribution in [-0.2, 0) is 0 Å². The molecule has 128 valence electrons. The van der Waals surface area contributed by atoms with Crippen LogP contribution in [0.4, 0.5) is 10.5 Å². The molecule has 2 N–H and O–H groups in total. The molecule has 2 amide bonds. The number of hydrogen-bond acceptors (Lipinski definition) is 3. The number of aliphatic hydroxyl groups is 1. The summed E-state index contributed by atoms with van der Waals surface area (Å²) in [5.74, 6) is 0. The number of hydrogen-bond donors (Lipinski definition) is 2. The van der Waals surface area contributed by atoms with Crippen LogP contribution in [0.2, 0.25) is 0 Å². The standard InChI is InChI=1S/C18H28N2O2S/c1-18(2,3)23-16-10-6-14(7-11-16)19-17(22)20(15-8-9-15)12-4-5-13-21/h6-7,10-11,15,21H,4-5,8-9,12-13H2,1-3H3,(H,19,22). The van der Waals surface area contributed by atoms with Crippen LogP contribution < -0.4 is 5.32 Å². The lowest BCUT2D eigenvalue weighted by molar-refractivity contribution is 0.204. The second-order valence-corrected chi connectivity index (χ2v) is 8.92. The lowest BCUT2D eigenvalue weighted by Crippen LogP contribution is -2.37. The van der Waals surface area contributed by atoms with Gasteiger partial charge in [0.2, 0.25) is 0 Å². The molecule has 1 aliphatic rings. The monoisotopic (exact) mass is 336 g/mol. The van der Waals surface area contributed by atoms with Gasteiger partial charge in [-0.2, -0.15) is 0 Å². The van der Waals surface area contributed by atoms with Crippen molar-refractivity contribution in [3.63, 3.8) is 0 Å². The average Bonchev–Trinajstić information content (AvgIpc) is 3.28. The van der Waals surface area contributed by atoms with Crippen LogP contribution in [0, 0.1) is 0 Å². The highest BCUT2D eigenvalue weighted by molar-refractivity contribution is 8.00. The topological polar surface area (TPSA) is 52.6 Å². The number of unbranched alkanes of at least 4 members (excludes halogenated alkanes) is 1. The fourth-order valence-electron chi connectivity index (χ4n) is 2.39. The van der Waals surface area contributed by atoms with E-state index in [4.69, 9.17) is 5.11 Å². The number of carbonyl (C=O) groups excluding carboxylic acids is 1. The van der Waals surface area contributed by atoms with Crippen molar-refractivity contribution in [1.29, 1.82) is 0 Å². The van der Waals surface area contributed by atoms with Crippen molar-refractivity contribution in [2.24, 2.45) is 0 Å². The average molecular weight is 337 g/mol. The molecule has 0 aromatic heterocycles. The first-order valence-corrected chi connectivity index (χ1v) is 9.18. The smallest absolute Gasteiger partial charge is 0.322 e. The van der Waals surface area contributed by atoms with Crippen LogP contribution in [0.15, 0.2) is 29.2 Å². The summed E-state index contributed by atoms with van der Waals surface area (Å²) in [5, 5.41) is 11.9. The first kappa shape index (κ1) is 18.1. The summed E-state index contributed by atoms with van der Waals surface area (Å²) in [5.41, 5.74) is 0.834. The van der Waals surface area contributed by atoms with Gasteiger partial charge in [0.15, 0.2) is 0 Å². The minimum Gasteiger partial charge on any atom is -0.396 e. The van der Waals surface area contributed by atoms with Crippen molar-refractivity contribution in [1.82, 2.24) is 4.90 Å². The van der Waals surface area contributed by atoms with E-state index in [1.165, 1.54) is 4.90 Å². The van der Waals surface area contributed by atoms with Gasteiger partial charge in [-0.15, -0.1) is 11.8 Å². The minimum absolute atomic E-state index is 0.0262. The Kier molecular flexibility index (Phi) is 6.36. The van der Waals surface area contributed by atoms with Crippen molar-refractivity contribution >= 4 is 23.5 Å². The third kappa shape index (κ3) is 6.43. The molecule has 2 rings (SSSR count). The van der Waals surface area contributed by atoms with Crippen molar-refractivity contribution in [2.45, 2.75) is 62.1 Å². The van der Waals surface area contributed by atoms with E-state index < -0.39 is 0 Å². The van der Waals surface area contributed by atoms with Gasteiger partial charge in [0, 0.05) is 34.5 Å². The Morgan fingerprint density at radius 2 is 1.91 bits per heavy atom. The predicted molar refractivity (Wildman–Crippen MR) is 97.1 cm³/mol. The zero-order valence-corrected chi connectivity index (χ0v) is 15.2. The summed E-state index contributed by atoms with van der Waals surface area (Å²) in [7, 11) is 0. The number of benzene rings is 1. The molecule has 0 radical (unpaired) electrons. The zero-order valence-electron chi connectivity index (χ0n) is 14.3. The maximum Gasteiger partial charge on any atom is 0.322 e. The Bertz CT molecular complexity index is 507. The highest BCUT2D eigenvalue weighted by atomic mass is 32.2. The number of anilines is 1. The highest BCUT2D eigenvalue weighted by Gasteiger charge is 2.32. The first-order valence-electron chi connectivity index (χ1n) is 8.36. The molecular weight excluding hydrogens is 308 g/mol. The van der Waals surface area contributed by atoms with Gasteiger partial charge in [-0.25, -0.2) is 4.79 Å². The van der Waals surface area contributed by atoms with Crippen LogP contribution in [0.1, 0.15) is 46.5 Å². The van der Waals surface area contributed by atoms with E-state index in [9.17, 15) is 4.79 Å². The zero-order chi connectivity index (χ0) is 16.9. The Balaban J connectivity index is 1.90. The van der Waals surface area contributed by atoms with E-state index in [0.717, 1.165) is 37.9 Å². The Hall–Kier alpha value is -1.20. The first-order chi connectivity index (χ1) is 10.9. The Morgan fingerprint density at radius 1 is 1.26 bits per heavy atom. The van der Waals surface area contributed by atoms with E-state index in [1.54, 1.807) is 0 Å². The van der Waals surface area contributed by atoms with Gasteiger partial charge >= 0.3 is 6.03 Å². The van der Waals surface area contributed by atoms with Crippen LogP contribution >= 0.6 is 11.8 Å². The van der Waals surface area contributed by atoms with Crippen molar-refractivity contribution in [3.8, 4) is 0 Å². The molecule has 1 aromatic rings. The lowest BCUT2D eigenvalue weighted by Gasteiger charge is -2.23. The predicted octanol–water partition coefficient (Wildman–Crippen LogP) is 4.35. The largest absolute Gasteiger partial charge is 0.396 e. The molecule has 1 saturated carbocycles. The van der Waals surface area contributed by atoms with Crippen molar-refractivity contribution in [3.05, 3.63) is 24.3 Å². The molecule has 23 heavy (non-hydrogen) atoms. The number of urea groups is 1. The second kappa shape index (κ2) is 8.06. The van der Waals surface area contributed by atoms with Gasteiger partial charge in [0.25, 0.3) is 0 Å². The number of aliphatic hydroxyl groups excluding tert-OH is 1. The van der Waals surface area contributed by atoms with E-state index in [2.05, 4.69) is 38.2 Å².